The van der Waals surface area contributed by atoms with Crippen LogP contribution in [0.2, 0.25) is 0 Å². The second-order valence-electron chi connectivity index (χ2n) is 10.5. The number of halogens is 3. The molecule has 0 radical (unpaired) electrons. The summed E-state index contributed by atoms with van der Waals surface area (Å²) in [6.45, 7) is 4.26. The van der Waals surface area contributed by atoms with E-state index >= 15 is 0 Å². The molecule has 8 nitrogen and oxygen atoms in total. The number of carboxylic acid groups (broad SMARTS) is 1. The van der Waals surface area contributed by atoms with E-state index in [1.54, 1.807) is 7.11 Å². The summed E-state index contributed by atoms with van der Waals surface area (Å²) in [6, 6.07) is 10.8. The number of anilines is 1. The van der Waals surface area contributed by atoms with Gasteiger partial charge in [-0.3, -0.25) is 0 Å². The lowest BCUT2D eigenvalue weighted by Crippen LogP contribution is -2.31. The van der Waals surface area contributed by atoms with Gasteiger partial charge in [0.25, 0.3) is 0 Å². The third-order valence-electron chi connectivity index (χ3n) is 7.68. The number of hydrogen-bond acceptors (Lipinski definition) is 6. The van der Waals surface area contributed by atoms with Crippen molar-refractivity contribution >= 4 is 23.0 Å². The summed E-state index contributed by atoms with van der Waals surface area (Å²) in [4.78, 5) is 25.4. The highest BCUT2D eigenvalue weighted by Crippen LogP contribution is 2.37. The summed E-state index contributed by atoms with van der Waals surface area (Å²) in [5, 5.41) is 13.2. The lowest BCUT2D eigenvalue weighted by Gasteiger charge is -2.32. The van der Waals surface area contributed by atoms with Gasteiger partial charge in [-0.05, 0) is 67.5 Å². The van der Waals surface area contributed by atoms with Gasteiger partial charge in [-0.2, -0.15) is 13.2 Å². The molecule has 11 heteroatoms. The van der Waals surface area contributed by atoms with Crippen molar-refractivity contribution in [1.82, 2.24) is 19.5 Å². The van der Waals surface area contributed by atoms with Crippen molar-refractivity contribution in [3.8, 4) is 17.1 Å². The standard InChI is InChI=1S/C30H32F3N5O3/c1-4-6-18-11-14-23(41-3)22(15-18)28-37-26-24(38(28)16-19-9-12-21(13-10-19)30(31,32)33)25(35-27(36-26)29(39)40)34-17(2)20-7-5-8-20/h9-15,17,20H,4-8,16H2,1-3H3,(H,39,40)(H,34,35,36)/t17-/m1/s1. The van der Waals surface area contributed by atoms with Crippen molar-refractivity contribution in [3.05, 3.63) is 65.0 Å². The molecular weight excluding hydrogens is 535 g/mol. The molecule has 1 fully saturated rings. The summed E-state index contributed by atoms with van der Waals surface area (Å²) in [6.07, 6.45) is 0.560. The SMILES string of the molecule is CCCc1ccc(OC)c(-c2nc3nc(C(=O)O)nc(N[C@H](C)C4CCC4)c3n2Cc2ccc(C(F)(F)F)cc2)c1. The van der Waals surface area contributed by atoms with Gasteiger partial charge in [0.1, 0.15) is 17.1 Å². The first-order chi connectivity index (χ1) is 19.6. The molecule has 0 saturated heterocycles. The van der Waals surface area contributed by atoms with Crippen LogP contribution in [-0.2, 0) is 19.1 Å². The molecule has 0 amide bonds. The average Bonchev–Trinajstić information content (AvgIpc) is 3.25. The number of rotatable bonds is 10. The highest BCUT2D eigenvalue weighted by molar-refractivity contribution is 5.92. The maximum Gasteiger partial charge on any atom is 0.416 e. The zero-order valence-electron chi connectivity index (χ0n) is 23.1. The Morgan fingerprint density at radius 3 is 2.41 bits per heavy atom. The number of aryl methyl sites for hydroxylation is 1. The minimum atomic E-state index is -4.45. The zero-order chi connectivity index (χ0) is 29.3. The zero-order valence-corrected chi connectivity index (χ0v) is 23.1. The Labute approximate surface area is 235 Å². The monoisotopic (exact) mass is 567 g/mol. The molecule has 2 N–H and O–H groups in total. The Balaban J connectivity index is 1.73. The van der Waals surface area contributed by atoms with Crippen molar-refractivity contribution in [2.24, 2.45) is 5.92 Å². The number of carboxylic acids is 1. The van der Waals surface area contributed by atoms with Gasteiger partial charge >= 0.3 is 12.1 Å². The first-order valence-corrected chi connectivity index (χ1v) is 13.7. The van der Waals surface area contributed by atoms with Gasteiger partial charge in [0, 0.05) is 12.6 Å². The fraction of sp³-hybridized carbons (Fsp3) is 0.400. The molecule has 1 aliphatic rings. The Morgan fingerprint density at radius 1 is 1.12 bits per heavy atom. The lowest BCUT2D eigenvalue weighted by atomic mass is 9.80. The molecule has 1 atom stereocenters. The molecule has 4 aromatic rings. The number of ether oxygens (including phenoxy) is 1. The minimum Gasteiger partial charge on any atom is -0.496 e. The Kier molecular flexibility index (Phi) is 7.88. The molecular formula is C30H32F3N5O3. The maximum atomic E-state index is 13.2. The number of imidazole rings is 1. The number of nitrogens with one attached hydrogen (secondary N) is 1. The van der Waals surface area contributed by atoms with Crippen LogP contribution in [-0.4, -0.2) is 43.7 Å². The highest BCUT2D eigenvalue weighted by atomic mass is 19.4. The van der Waals surface area contributed by atoms with E-state index in [1.807, 2.05) is 29.7 Å². The quantitative estimate of drug-likeness (QED) is 0.217. The number of aromatic nitrogens is 4. The predicted octanol–water partition coefficient (Wildman–Crippen LogP) is 6.82. The molecule has 2 aromatic carbocycles. The molecule has 1 aliphatic carbocycles. The third kappa shape index (κ3) is 5.84. The second-order valence-corrected chi connectivity index (χ2v) is 10.5. The molecule has 0 bridgehead atoms. The number of aromatic carboxylic acids is 1. The van der Waals surface area contributed by atoms with Crippen LogP contribution < -0.4 is 10.1 Å². The Bertz CT molecular complexity index is 1560. The van der Waals surface area contributed by atoms with Crippen LogP contribution >= 0.6 is 0 Å². The van der Waals surface area contributed by atoms with Gasteiger partial charge in [0.05, 0.1) is 18.2 Å². The van der Waals surface area contributed by atoms with E-state index in [-0.39, 0.29) is 18.2 Å². The molecule has 41 heavy (non-hydrogen) atoms. The molecule has 0 spiro atoms. The van der Waals surface area contributed by atoms with E-state index < -0.39 is 23.5 Å². The van der Waals surface area contributed by atoms with Gasteiger partial charge in [-0.15, -0.1) is 0 Å². The summed E-state index contributed by atoms with van der Waals surface area (Å²) < 4.78 is 47.2. The Hall–Kier alpha value is -4.15. The van der Waals surface area contributed by atoms with Crippen molar-refractivity contribution < 1.29 is 27.8 Å². The topological polar surface area (TPSA) is 102 Å². The summed E-state index contributed by atoms with van der Waals surface area (Å²) in [7, 11) is 1.55. The van der Waals surface area contributed by atoms with Crippen LogP contribution in [0.25, 0.3) is 22.6 Å². The predicted molar refractivity (Wildman–Crippen MR) is 149 cm³/mol. The lowest BCUT2D eigenvalue weighted by molar-refractivity contribution is -0.137. The van der Waals surface area contributed by atoms with E-state index in [0.29, 0.717) is 40.0 Å². The second kappa shape index (κ2) is 11.4. The number of fused-ring (bicyclic) bond motifs is 1. The van der Waals surface area contributed by atoms with Gasteiger partial charge in [0.15, 0.2) is 11.5 Å². The van der Waals surface area contributed by atoms with Crippen LogP contribution in [0.5, 0.6) is 5.75 Å². The Morgan fingerprint density at radius 2 is 1.83 bits per heavy atom. The van der Waals surface area contributed by atoms with E-state index in [9.17, 15) is 23.1 Å². The molecule has 216 valence electrons. The number of carbonyl (C=O) groups is 1. The summed E-state index contributed by atoms with van der Waals surface area (Å²) in [5.74, 6) is 0.0698. The number of alkyl halides is 3. The van der Waals surface area contributed by atoms with Crippen molar-refractivity contribution in [3.63, 3.8) is 0 Å². The summed E-state index contributed by atoms with van der Waals surface area (Å²) >= 11 is 0. The first-order valence-electron chi connectivity index (χ1n) is 13.7. The highest BCUT2D eigenvalue weighted by Gasteiger charge is 2.31. The molecule has 0 aliphatic heterocycles. The van der Waals surface area contributed by atoms with E-state index in [1.165, 1.54) is 12.1 Å². The van der Waals surface area contributed by atoms with Crippen molar-refractivity contribution in [2.45, 2.75) is 64.7 Å². The van der Waals surface area contributed by atoms with Crippen LogP contribution in [0.3, 0.4) is 0 Å². The normalized spacial score (nSPS) is 14.6. The first kappa shape index (κ1) is 28.4. The van der Waals surface area contributed by atoms with Gasteiger partial charge in [0.2, 0.25) is 5.82 Å². The number of hydrogen-bond donors (Lipinski definition) is 2. The fourth-order valence-corrected chi connectivity index (χ4v) is 5.22. The molecule has 1 saturated carbocycles. The molecule has 5 rings (SSSR count). The van der Waals surface area contributed by atoms with Crippen molar-refractivity contribution in [2.75, 3.05) is 12.4 Å². The largest absolute Gasteiger partial charge is 0.496 e. The smallest absolute Gasteiger partial charge is 0.416 e. The number of nitrogens with zero attached hydrogens (tertiary/aromatic N) is 4. The maximum absolute atomic E-state index is 13.2. The summed E-state index contributed by atoms with van der Waals surface area (Å²) in [5.41, 5.74) is 2.23. The van der Waals surface area contributed by atoms with Crippen molar-refractivity contribution in [1.29, 1.82) is 0 Å². The van der Waals surface area contributed by atoms with Crippen LogP contribution in [0.1, 0.15) is 66.8 Å². The molecule has 2 aromatic heterocycles. The number of methoxy groups -OCH3 is 1. The van der Waals surface area contributed by atoms with Crippen LogP contribution in [0, 0.1) is 5.92 Å². The minimum absolute atomic E-state index is 0.0174. The molecule has 2 heterocycles. The van der Waals surface area contributed by atoms with E-state index in [2.05, 4.69) is 22.2 Å². The molecule has 0 unspecified atom stereocenters. The van der Waals surface area contributed by atoms with Gasteiger partial charge in [-0.1, -0.05) is 38.0 Å². The average molecular weight is 568 g/mol. The van der Waals surface area contributed by atoms with Gasteiger partial charge in [-0.25, -0.2) is 19.7 Å². The fourth-order valence-electron chi connectivity index (χ4n) is 5.22. The number of benzene rings is 2. The van der Waals surface area contributed by atoms with Crippen LogP contribution in [0.4, 0.5) is 19.0 Å². The van der Waals surface area contributed by atoms with E-state index in [4.69, 9.17) is 9.72 Å². The van der Waals surface area contributed by atoms with Gasteiger partial charge < -0.3 is 19.7 Å². The van der Waals surface area contributed by atoms with E-state index in [0.717, 1.165) is 49.8 Å². The van der Waals surface area contributed by atoms with Crippen LogP contribution in [0.15, 0.2) is 42.5 Å². The third-order valence-corrected chi connectivity index (χ3v) is 7.68.